The van der Waals surface area contributed by atoms with Crippen molar-refractivity contribution in [2.24, 2.45) is 5.92 Å². The Labute approximate surface area is 102 Å². The van der Waals surface area contributed by atoms with Gasteiger partial charge in [-0.3, -0.25) is 0 Å². The Balaban J connectivity index is 1.80. The van der Waals surface area contributed by atoms with E-state index in [2.05, 4.69) is 28.2 Å². The third-order valence-electron chi connectivity index (χ3n) is 3.74. The van der Waals surface area contributed by atoms with E-state index in [9.17, 15) is 0 Å². The van der Waals surface area contributed by atoms with Crippen LogP contribution in [0.4, 0.5) is 0 Å². The highest BCUT2D eigenvalue weighted by Crippen LogP contribution is 2.26. The van der Waals surface area contributed by atoms with E-state index in [-0.39, 0.29) is 0 Å². The van der Waals surface area contributed by atoms with Crippen molar-refractivity contribution in [2.75, 3.05) is 0 Å². The second-order valence-corrected chi connectivity index (χ2v) is 5.06. The Morgan fingerprint density at radius 3 is 2.82 bits per heavy atom. The summed E-state index contributed by atoms with van der Waals surface area (Å²) >= 11 is 0. The molecule has 0 spiro atoms. The van der Waals surface area contributed by atoms with Gasteiger partial charge >= 0.3 is 0 Å². The molecule has 0 unspecified atom stereocenters. The Morgan fingerprint density at radius 2 is 1.94 bits per heavy atom. The second kappa shape index (κ2) is 4.82. The third kappa shape index (κ3) is 2.46. The molecule has 2 heteroatoms. The first-order valence-corrected chi connectivity index (χ1v) is 6.62. The minimum absolute atomic E-state index is 0.845. The summed E-state index contributed by atoms with van der Waals surface area (Å²) in [5.74, 6) is 0.845. The molecule has 17 heavy (non-hydrogen) atoms. The molecule has 88 valence electrons. The molecule has 0 amide bonds. The van der Waals surface area contributed by atoms with Crippen molar-refractivity contribution in [1.29, 1.82) is 0 Å². The Morgan fingerprint density at radius 1 is 1.06 bits per heavy atom. The van der Waals surface area contributed by atoms with Crippen LogP contribution in [-0.4, -0.2) is 9.97 Å². The maximum atomic E-state index is 4.66. The molecule has 0 saturated heterocycles. The second-order valence-electron chi connectivity index (χ2n) is 5.06. The lowest BCUT2D eigenvalue weighted by molar-refractivity contribution is 0.354. The molecule has 1 aliphatic rings. The van der Waals surface area contributed by atoms with Crippen molar-refractivity contribution in [3.8, 4) is 0 Å². The zero-order chi connectivity index (χ0) is 11.5. The monoisotopic (exact) mass is 226 g/mol. The van der Waals surface area contributed by atoms with Crippen molar-refractivity contribution in [2.45, 2.75) is 38.5 Å². The maximum absolute atomic E-state index is 4.66. The molecule has 2 nitrogen and oxygen atoms in total. The summed E-state index contributed by atoms with van der Waals surface area (Å²) in [4.78, 5) is 8.98. The molecule has 1 saturated carbocycles. The summed E-state index contributed by atoms with van der Waals surface area (Å²) in [5, 5.41) is 1.14. The van der Waals surface area contributed by atoms with E-state index in [4.69, 9.17) is 0 Å². The van der Waals surface area contributed by atoms with Crippen LogP contribution in [0, 0.1) is 5.92 Å². The summed E-state index contributed by atoms with van der Waals surface area (Å²) < 4.78 is 0. The predicted octanol–water partition coefficient (Wildman–Crippen LogP) is 3.75. The number of rotatable bonds is 2. The topological polar surface area (TPSA) is 25.8 Å². The van der Waals surface area contributed by atoms with Gasteiger partial charge in [-0.05, 0) is 36.6 Å². The molecule has 0 radical (unpaired) electrons. The Bertz CT molecular complexity index is 501. The van der Waals surface area contributed by atoms with Gasteiger partial charge in [0.15, 0.2) is 5.65 Å². The summed E-state index contributed by atoms with van der Waals surface area (Å²) in [5.41, 5.74) is 2.10. The van der Waals surface area contributed by atoms with Crippen LogP contribution in [0.25, 0.3) is 11.0 Å². The Hall–Kier alpha value is -1.44. The highest BCUT2D eigenvalue weighted by Gasteiger charge is 2.14. The van der Waals surface area contributed by atoms with Crippen LogP contribution in [0.3, 0.4) is 0 Å². The van der Waals surface area contributed by atoms with E-state index in [0.29, 0.717) is 0 Å². The molecular weight excluding hydrogens is 208 g/mol. The molecule has 0 aliphatic heterocycles. The van der Waals surface area contributed by atoms with Gasteiger partial charge in [-0.25, -0.2) is 9.97 Å². The lowest BCUT2D eigenvalue weighted by atomic mass is 9.86. The van der Waals surface area contributed by atoms with Gasteiger partial charge in [-0.1, -0.05) is 32.1 Å². The fourth-order valence-electron chi connectivity index (χ4n) is 2.79. The number of aromatic nitrogens is 2. The molecule has 2 heterocycles. The van der Waals surface area contributed by atoms with E-state index >= 15 is 0 Å². The van der Waals surface area contributed by atoms with Gasteiger partial charge < -0.3 is 0 Å². The van der Waals surface area contributed by atoms with Crippen LogP contribution >= 0.6 is 0 Å². The van der Waals surface area contributed by atoms with Crippen molar-refractivity contribution in [3.05, 3.63) is 36.2 Å². The van der Waals surface area contributed by atoms with Crippen molar-refractivity contribution < 1.29 is 0 Å². The summed E-state index contributed by atoms with van der Waals surface area (Å²) in [6.45, 7) is 0. The molecule has 2 aromatic heterocycles. The lowest BCUT2D eigenvalue weighted by Crippen LogP contribution is -2.10. The van der Waals surface area contributed by atoms with E-state index in [1.165, 1.54) is 37.8 Å². The van der Waals surface area contributed by atoms with Gasteiger partial charge in [0.05, 0.1) is 0 Å². The third-order valence-corrected chi connectivity index (χ3v) is 3.74. The van der Waals surface area contributed by atoms with Gasteiger partial charge in [-0.2, -0.15) is 0 Å². The molecule has 1 aliphatic carbocycles. The molecule has 1 fully saturated rings. The molecule has 0 bridgehead atoms. The zero-order valence-electron chi connectivity index (χ0n) is 10.1. The number of nitrogens with zero attached hydrogens (tertiary/aromatic N) is 2. The average molecular weight is 226 g/mol. The van der Waals surface area contributed by atoms with Crippen LogP contribution in [0.15, 0.2) is 30.5 Å². The minimum Gasteiger partial charge on any atom is -0.237 e. The number of hydrogen-bond acceptors (Lipinski definition) is 2. The van der Waals surface area contributed by atoms with Gasteiger partial charge in [-0.15, -0.1) is 0 Å². The van der Waals surface area contributed by atoms with E-state index in [0.717, 1.165) is 23.4 Å². The van der Waals surface area contributed by atoms with Crippen LogP contribution in [-0.2, 0) is 6.42 Å². The van der Waals surface area contributed by atoms with Crippen LogP contribution in [0.1, 0.15) is 37.8 Å². The van der Waals surface area contributed by atoms with E-state index < -0.39 is 0 Å². The number of fused-ring (bicyclic) bond motifs is 1. The fraction of sp³-hybridized carbons (Fsp3) is 0.467. The smallest absolute Gasteiger partial charge is 0.159 e. The molecule has 3 rings (SSSR count). The first-order valence-electron chi connectivity index (χ1n) is 6.62. The maximum Gasteiger partial charge on any atom is 0.159 e. The minimum atomic E-state index is 0.845. The van der Waals surface area contributed by atoms with Crippen molar-refractivity contribution >= 4 is 11.0 Å². The lowest BCUT2D eigenvalue weighted by Gasteiger charge is -2.20. The SMILES string of the molecule is c1cnc2nc(CC3CCCCC3)ccc2c1. The Kier molecular flexibility index (Phi) is 3.04. The van der Waals surface area contributed by atoms with Gasteiger partial charge in [0, 0.05) is 17.3 Å². The number of hydrogen-bond donors (Lipinski definition) is 0. The predicted molar refractivity (Wildman–Crippen MR) is 69.8 cm³/mol. The van der Waals surface area contributed by atoms with Crippen LogP contribution < -0.4 is 0 Å². The average Bonchev–Trinajstić information content (AvgIpc) is 2.40. The molecule has 0 N–H and O–H groups in total. The zero-order valence-corrected chi connectivity index (χ0v) is 10.1. The van der Waals surface area contributed by atoms with Gasteiger partial charge in [0.2, 0.25) is 0 Å². The largest absolute Gasteiger partial charge is 0.237 e. The van der Waals surface area contributed by atoms with E-state index in [1.807, 2.05) is 12.3 Å². The standard InChI is InChI=1S/C15H18N2/c1-2-5-12(6-3-1)11-14-9-8-13-7-4-10-16-15(13)17-14/h4,7-10,12H,1-3,5-6,11H2. The fourth-order valence-corrected chi connectivity index (χ4v) is 2.79. The van der Waals surface area contributed by atoms with Crippen LogP contribution in [0.5, 0.6) is 0 Å². The van der Waals surface area contributed by atoms with Crippen LogP contribution in [0.2, 0.25) is 0 Å². The highest BCUT2D eigenvalue weighted by molar-refractivity contribution is 5.74. The quantitative estimate of drug-likeness (QED) is 0.779. The van der Waals surface area contributed by atoms with Crippen molar-refractivity contribution in [1.82, 2.24) is 9.97 Å². The number of pyridine rings is 2. The summed E-state index contributed by atoms with van der Waals surface area (Å²) in [6, 6.07) is 8.34. The molecule has 2 aromatic rings. The summed E-state index contributed by atoms with van der Waals surface area (Å²) in [7, 11) is 0. The van der Waals surface area contributed by atoms with Crippen molar-refractivity contribution in [3.63, 3.8) is 0 Å². The van der Waals surface area contributed by atoms with Gasteiger partial charge in [0.1, 0.15) is 0 Å². The normalized spacial score (nSPS) is 17.4. The highest BCUT2D eigenvalue weighted by atomic mass is 14.8. The molecular formula is C15H18N2. The summed E-state index contributed by atoms with van der Waals surface area (Å²) in [6.07, 6.45) is 9.92. The van der Waals surface area contributed by atoms with Gasteiger partial charge in [0.25, 0.3) is 0 Å². The molecule has 0 atom stereocenters. The first kappa shape index (κ1) is 10.7. The van der Waals surface area contributed by atoms with E-state index in [1.54, 1.807) is 0 Å². The molecule has 0 aromatic carbocycles. The first-order chi connectivity index (χ1) is 8.42.